The fourth-order valence-electron chi connectivity index (χ4n) is 6.37. The third-order valence-electron chi connectivity index (χ3n) is 8.97. The van der Waals surface area contributed by atoms with Gasteiger partial charge >= 0.3 is 6.18 Å². The number of hydrogen-bond donors (Lipinski definition) is 0. The van der Waals surface area contributed by atoms with Crippen LogP contribution in [0.15, 0.2) is 77.3 Å². The number of alkyl halides is 3. The number of pyridine rings is 1. The molecule has 48 heavy (non-hydrogen) atoms. The number of amides is 1. The predicted molar refractivity (Wildman–Crippen MR) is 174 cm³/mol. The summed E-state index contributed by atoms with van der Waals surface area (Å²) in [7, 11) is 0. The molecule has 12 heteroatoms. The number of benzene rings is 2. The highest BCUT2D eigenvalue weighted by Crippen LogP contribution is 2.37. The molecular weight excluding hydrogens is 621 g/mol. The van der Waals surface area contributed by atoms with E-state index in [4.69, 9.17) is 11.0 Å². The van der Waals surface area contributed by atoms with Crippen molar-refractivity contribution in [1.29, 1.82) is 0 Å². The monoisotopic (exact) mass is 656 g/mol. The van der Waals surface area contributed by atoms with Gasteiger partial charge in [0.1, 0.15) is 5.82 Å². The molecule has 2 aromatic heterocycles. The number of rotatable bonds is 8. The molecule has 2 aliphatic rings. The van der Waals surface area contributed by atoms with Crippen LogP contribution in [0, 0.1) is 6.57 Å². The molecule has 1 amide bonds. The van der Waals surface area contributed by atoms with Crippen LogP contribution in [-0.2, 0) is 23.8 Å². The fraction of sp³-hybridized carbons (Fsp3) is 0.361. The van der Waals surface area contributed by atoms with Gasteiger partial charge in [0.2, 0.25) is 17.5 Å². The minimum absolute atomic E-state index is 0.0414. The van der Waals surface area contributed by atoms with E-state index in [1.807, 2.05) is 29.2 Å². The number of carbonyl (C=O) groups is 2. The third kappa shape index (κ3) is 7.51. The maximum Gasteiger partial charge on any atom is 0.437 e. The van der Waals surface area contributed by atoms with Gasteiger partial charge in [-0.25, -0.2) is 9.83 Å². The molecule has 0 unspecified atom stereocenters. The van der Waals surface area contributed by atoms with Gasteiger partial charge in [0, 0.05) is 58.3 Å². The Hall–Kier alpha value is -5.18. The number of anilines is 2. The molecule has 0 atom stereocenters. The van der Waals surface area contributed by atoms with Crippen LogP contribution in [0.5, 0.6) is 0 Å². The van der Waals surface area contributed by atoms with Crippen LogP contribution >= 0.6 is 0 Å². The van der Waals surface area contributed by atoms with Gasteiger partial charge in [0.05, 0.1) is 6.57 Å². The number of nitrogens with zero attached hydrogens (tertiary/aromatic N) is 6. The van der Waals surface area contributed by atoms with Crippen LogP contribution in [0.4, 0.5) is 30.7 Å². The van der Waals surface area contributed by atoms with E-state index in [-0.39, 0.29) is 24.8 Å². The molecule has 6 rings (SSSR count). The highest BCUT2D eigenvalue weighted by atomic mass is 19.4. The number of ketones is 1. The first-order valence-electron chi connectivity index (χ1n) is 16.0. The number of oxazole rings is 1. The number of Topliss-reactive ketones (excluding diaryl/α,β-unsaturated/α-hetero) is 1. The Balaban J connectivity index is 1.07. The van der Waals surface area contributed by atoms with E-state index in [9.17, 15) is 22.8 Å². The number of piperidine rings is 1. The second-order valence-electron chi connectivity index (χ2n) is 12.1. The van der Waals surface area contributed by atoms with Crippen molar-refractivity contribution in [3.8, 4) is 0 Å². The topological polar surface area (TPSA) is 87.1 Å². The SMILES string of the molecule is [C-]#[N+]c1ccccc1CC(=O)N1CCCN(c2ccc(CC(=O)c3oc(N4CCC(c5ccccc5)CC4)nc3C(F)(F)F)cn2)CC1. The smallest absolute Gasteiger partial charge is 0.420 e. The number of halogens is 3. The van der Waals surface area contributed by atoms with E-state index >= 15 is 0 Å². The summed E-state index contributed by atoms with van der Waals surface area (Å²) in [5, 5.41) is 0. The van der Waals surface area contributed by atoms with Gasteiger partial charge in [-0.1, -0.05) is 60.7 Å². The molecule has 4 heterocycles. The summed E-state index contributed by atoms with van der Waals surface area (Å²) in [5.41, 5.74) is 1.52. The first kappa shape index (κ1) is 32.7. The summed E-state index contributed by atoms with van der Waals surface area (Å²) < 4.78 is 47.5. The second-order valence-corrected chi connectivity index (χ2v) is 12.1. The molecule has 0 N–H and O–H groups in total. The van der Waals surface area contributed by atoms with Gasteiger partial charge in [-0.15, -0.1) is 0 Å². The lowest BCUT2D eigenvalue weighted by Gasteiger charge is -2.31. The summed E-state index contributed by atoms with van der Waals surface area (Å²) in [4.78, 5) is 43.4. The molecule has 0 spiro atoms. The summed E-state index contributed by atoms with van der Waals surface area (Å²) >= 11 is 0. The first-order valence-corrected chi connectivity index (χ1v) is 16.0. The summed E-state index contributed by atoms with van der Waals surface area (Å²) in [5.74, 6) is -0.705. The standard InChI is InChI=1S/C36H35F3N6O3/c1-40-29-11-6-5-10-28(29)23-32(47)44-17-7-16-43(20-21-44)31-13-12-25(24-41-31)22-30(46)33-34(36(37,38)39)42-35(48-33)45-18-14-27(15-19-45)26-8-3-2-4-9-26/h2-6,8-13,24,27H,7,14-23H2. The Bertz CT molecular complexity index is 1780. The molecule has 0 bridgehead atoms. The maximum atomic E-state index is 14.0. The van der Waals surface area contributed by atoms with E-state index in [0.717, 1.165) is 19.3 Å². The van der Waals surface area contributed by atoms with Crippen molar-refractivity contribution >= 4 is 29.2 Å². The number of para-hydroxylation sites is 1. The van der Waals surface area contributed by atoms with Crippen molar-refractivity contribution in [2.45, 2.75) is 44.2 Å². The van der Waals surface area contributed by atoms with Gasteiger partial charge in [0.15, 0.2) is 11.4 Å². The van der Waals surface area contributed by atoms with Crippen molar-refractivity contribution in [2.75, 3.05) is 49.1 Å². The summed E-state index contributed by atoms with van der Waals surface area (Å²) in [6.45, 7) is 10.5. The summed E-state index contributed by atoms with van der Waals surface area (Å²) in [6, 6.07) is 20.3. The van der Waals surface area contributed by atoms with E-state index in [2.05, 4.69) is 26.9 Å². The Morgan fingerprint density at radius 1 is 0.875 bits per heavy atom. The van der Waals surface area contributed by atoms with Gasteiger partial charge < -0.3 is 19.1 Å². The first-order chi connectivity index (χ1) is 23.2. The zero-order valence-electron chi connectivity index (χ0n) is 26.3. The lowest BCUT2D eigenvalue weighted by atomic mass is 9.90. The molecule has 0 saturated carbocycles. The van der Waals surface area contributed by atoms with Crippen LogP contribution in [-0.4, -0.2) is 65.8 Å². The van der Waals surface area contributed by atoms with Gasteiger partial charge in [-0.05, 0) is 47.9 Å². The zero-order valence-corrected chi connectivity index (χ0v) is 26.3. The molecule has 0 aliphatic carbocycles. The fourth-order valence-corrected chi connectivity index (χ4v) is 6.37. The molecule has 248 valence electrons. The van der Waals surface area contributed by atoms with Crippen molar-refractivity contribution in [3.05, 3.63) is 112 Å². The van der Waals surface area contributed by atoms with Gasteiger partial charge in [0.25, 0.3) is 6.01 Å². The van der Waals surface area contributed by atoms with Crippen molar-refractivity contribution < 1.29 is 27.2 Å². The number of carbonyl (C=O) groups excluding carboxylic acids is 2. The molecule has 2 aliphatic heterocycles. The molecule has 0 radical (unpaired) electrons. The lowest BCUT2D eigenvalue weighted by Crippen LogP contribution is -2.36. The average Bonchev–Trinajstić information content (AvgIpc) is 3.43. The minimum Gasteiger partial charge on any atom is -0.420 e. The quantitative estimate of drug-likeness (QED) is 0.154. The van der Waals surface area contributed by atoms with E-state index < -0.39 is 23.4 Å². The zero-order chi connectivity index (χ0) is 33.7. The van der Waals surface area contributed by atoms with Crippen molar-refractivity contribution in [1.82, 2.24) is 14.9 Å². The van der Waals surface area contributed by atoms with Gasteiger partial charge in [-0.2, -0.15) is 18.2 Å². The van der Waals surface area contributed by atoms with Crippen LogP contribution in [0.3, 0.4) is 0 Å². The largest absolute Gasteiger partial charge is 0.437 e. The number of hydrogen-bond acceptors (Lipinski definition) is 7. The van der Waals surface area contributed by atoms with Crippen LogP contribution < -0.4 is 9.80 Å². The Labute approximate surface area is 276 Å². The number of aromatic nitrogens is 2. The van der Waals surface area contributed by atoms with Crippen LogP contribution in [0.1, 0.15) is 58.1 Å². The minimum atomic E-state index is -4.85. The molecule has 2 aromatic carbocycles. The lowest BCUT2D eigenvalue weighted by molar-refractivity contribution is -0.141. The van der Waals surface area contributed by atoms with E-state index in [0.29, 0.717) is 67.8 Å². The highest BCUT2D eigenvalue weighted by Gasteiger charge is 2.42. The molecule has 4 aromatic rings. The molecule has 2 saturated heterocycles. The van der Waals surface area contributed by atoms with Crippen LogP contribution in [0.25, 0.3) is 4.85 Å². The van der Waals surface area contributed by atoms with E-state index in [1.54, 1.807) is 40.1 Å². The van der Waals surface area contributed by atoms with Gasteiger partial charge in [-0.3, -0.25) is 9.59 Å². The molecular formula is C36H35F3N6O3. The Morgan fingerprint density at radius 2 is 1.62 bits per heavy atom. The normalized spacial score (nSPS) is 16.0. The van der Waals surface area contributed by atoms with E-state index in [1.165, 1.54) is 11.8 Å². The van der Waals surface area contributed by atoms with Crippen molar-refractivity contribution in [2.24, 2.45) is 0 Å². The summed E-state index contributed by atoms with van der Waals surface area (Å²) in [6.07, 6.45) is -1.34. The maximum absolute atomic E-state index is 14.0. The Kier molecular flexibility index (Phi) is 9.75. The molecule has 2 fully saturated rings. The highest BCUT2D eigenvalue weighted by molar-refractivity contribution is 5.96. The molecule has 9 nitrogen and oxygen atoms in total. The Morgan fingerprint density at radius 3 is 2.33 bits per heavy atom. The predicted octanol–water partition coefficient (Wildman–Crippen LogP) is 6.73. The third-order valence-corrected chi connectivity index (χ3v) is 8.97. The second kappa shape index (κ2) is 14.3. The van der Waals surface area contributed by atoms with Crippen LogP contribution in [0.2, 0.25) is 0 Å². The van der Waals surface area contributed by atoms with Crippen molar-refractivity contribution in [3.63, 3.8) is 0 Å². The average molecular weight is 657 g/mol.